The van der Waals surface area contributed by atoms with Gasteiger partial charge in [-0.05, 0) is 227 Å². The highest BCUT2D eigenvalue weighted by atomic mass is 79.9. The number of amides is 3. The summed E-state index contributed by atoms with van der Waals surface area (Å²) in [6, 6.07) is 1.15. The zero-order valence-electron chi connectivity index (χ0n) is 90.2. The number of alkyl halides is 8. The van der Waals surface area contributed by atoms with E-state index in [0.717, 1.165) is 141 Å². The number of rotatable bonds is 80. The molecule has 0 rings (SSSR count). The number of carboxylic acid groups (broad SMARTS) is 4. The van der Waals surface area contributed by atoms with Gasteiger partial charge in [0.1, 0.15) is 0 Å². The second kappa shape index (κ2) is 101. The first kappa shape index (κ1) is 170. The van der Waals surface area contributed by atoms with Crippen molar-refractivity contribution < 1.29 is 85.3 Å². The van der Waals surface area contributed by atoms with Gasteiger partial charge in [0.25, 0.3) is 0 Å². The maximum absolute atomic E-state index is 12.7. The standard InChI is InChI=1S/C28H50Br2O6SSi.C28H51Cl2NO6Si.C26H45Br2NO3.C26H45Cl2NO3.8CH4/c1-8-14-22(16-17-25(30)24(29)15-11-10-12-18-28(3,4)9-2)23(27(32)33)21-26(31)37-19-13-20-38(34-5,35-6)36-7;1-8-14-22(16-17-25(30)24(29)15-11-10-12-18-28(3,4)9-2)23(27(33)34)21-26(32)31-19-13-20-38(35-5,36-6)37-7;2*1-6-9-18-29-24(30)19-21(25(31)32)20(13-7-2)15-16-23(28)22(27)14-11-10-12-17-26(4,5)8-3;;;;;;;;/h8,10,12,14,22-25H,9,11,13,15-21H2,1-7H3,(H,32,33);8,10,12,14,22-25H,9,11,13,15-21H2,1-7H3,(H,31,32)(H,33,34);2*7,10,12-13,20-23H,6,8-9,11,14-19H2,1-5H3,(H,29,30)(H,31,32);8*1H4/b2*12-10+,14-8+;2*12-10+,13-7+;;;;;;;;. The van der Waals surface area contributed by atoms with Gasteiger partial charge in [-0.2, -0.15) is 0 Å². The minimum atomic E-state index is -2.70. The summed E-state index contributed by atoms with van der Waals surface area (Å²) in [5, 5.41) is 46.8. The molecule has 880 valence electrons. The van der Waals surface area contributed by atoms with Crippen LogP contribution in [0.2, 0.25) is 12.1 Å². The lowest BCUT2D eigenvalue weighted by molar-refractivity contribution is -0.146. The molecule has 0 radical (unpaired) electrons. The summed E-state index contributed by atoms with van der Waals surface area (Å²) in [4.78, 5) is 98.7. The summed E-state index contributed by atoms with van der Waals surface area (Å²) in [6.45, 7) is 40.2. The van der Waals surface area contributed by atoms with Crippen molar-refractivity contribution in [3.63, 3.8) is 0 Å². The van der Waals surface area contributed by atoms with Gasteiger partial charge in [-0.1, -0.05) is 368 Å². The number of carboxylic acids is 4. The van der Waals surface area contributed by atoms with E-state index in [0.29, 0.717) is 114 Å². The van der Waals surface area contributed by atoms with Gasteiger partial charge in [0.15, 0.2) is 5.12 Å². The fourth-order valence-corrected chi connectivity index (χ4v) is 22.6. The Hall–Kier alpha value is -2.50. The van der Waals surface area contributed by atoms with Gasteiger partial charge >= 0.3 is 41.5 Å². The molecule has 0 heterocycles. The van der Waals surface area contributed by atoms with Crippen molar-refractivity contribution in [2.24, 2.45) is 69.0 Å². The van der Waals surface area contributed by atoms with Gasteiger partial charge in [-0.3, -0.25) is 38.4 Å². The summed E-state index contributed by atoms with van der Waals surface area (Å²) in [5.41, 5.74) is 1.33. The van der Waals surface area contributed by atoms with Crippen molar-refractivity contribution >= 4 is 186 Å². The van der Waals surface area contributed by atoms with Crippen LogP contribution in [0, 0.1) is 69.0 Å². The van der Waals surface area contributed by atoms with Gasteiger partial charge in [-0.15, -0.1) is 46.4 Å². The first-order valence-electron chi connectivity index (χ1n) is 51.4. The molecule has 16 unspecified atom stereocenters. The molecule has 0 aromatic rings. The van der Waals surface area contributed by atoms with Crippen LogP contribution < -0.4 is 16.0 Å². The highest BCUT2D eigenvalue weighted by Gasteiger charge is 2.40. The Morgan fingerprint density at radius 1 is 0.324 bits per heavy atom. The van der Waals surface area contributed by atoms with E-state index < -0.39 is 65.2 Å². The van der Waals surface area contributed by atoms with Crippen LogP contribution in [0.1, 0.15) is 402 Å². The van der Waals surface area contributed by atoms with Gasteiger partial charge in [0, 0.05) is 136 Å². The van der Waals surface area contributed by atoms with E-state index >= 15 is 0 Å². The molecule has 0 aliphatic carbocycles. The first-order chi connectivity index (χ1) is 65.9. The van der Waals surface area contributed by atoms with Crippen molar-refractivity contribution in [1.29, 1.82) is 0 Å². The van der Waals surface area contributed by atoms with Gasteiger partial charge in [0.05, 0.1) is 34.4 Å². The Kier molecular flexibility index (Phi) is 117. The topological polar surface area (TPSA) is 309 Å². The number of nitrogens with one attached hydrogen (secondary N) is 3. The zero-order valence-corrected chi connectivity index (χ0v) is 102. The summed E-state index contributed by atoms with van der Waals surface area (Å²) >= 11 is 42.6. The summed E-state index contributed by atoms with van der Waals surface area (Å²) in [6.07, 6.45) is 59.5. The summed E-state index contributed by atoms with van der Waals surface area (Å²) in [5.74, 6) is -7.89. The molecule has 0 aromatic carbocycles. The minimum absolute atomic E-state index is 0. The smallest absolute Gasteiger partial charge is 0.481 e. The molecule has 7 N–H and O–H groups in total. The van der Waals surface area contributed by atoms with Gasteiger partial charge in [0.2, 0.25) is 17.7 Å². The average molecular weight is 2500 g/mol. The number of thioether (sulfide) groups is 1. The third-order valence-electron chi connectivity index (χ3n) is 26.4. The van der Waals surface area contributed by atoms with Gasteiger partial charge < -0.3 is 62.9 Å². The normalized spacial score (nSPS) is 15.3. The predicted molar refractivity (Wildman–Crippen MR) is 663 cm³/mol. The number of hydrogen-bond donors (Lipinski definition) is 7. The van der Waals surface area contributed by atoms with Crippen LogP contribution in [-0.4, -0.2) is 194 Å². The highest BCUT2D eigenvalue weighted by molar-refractivity contribution is 9.12. The van der Waals surface area contributed by atoms with Crippen LogP contribution in [0.5, 0.6) is 0 Å². The summed E-state index contributed by atoms with van der Waals surface area (Å²) in [7, 11) is 3.97. The number of unbranched alkanes of at least 4 members (excludes halogenated alkanes) is 2. The average Bonchev–Trinajstić information content (AvgIpc) is 0.880. The molecule has 32 heteroatoms. The predicted octanol–water partition coefficient (Wildman–Crippen LogP) is 35.2. The molecule has 16 atom stereocenters. The highest BCUT2D eigenvalue weighted by Crippen LogP contribution is 2.37. The molecule has 21 nitrogen and oxygen atoms in total. The largest absolute Gasteiger partial charge is 0.500 e. The van der Waals surface area contributed by atoms with E-state index in [1.54, 1.807) is 42.7 Å². The second-order valence-electron chi connectivity index (χ2n) is 39.6. The van der Waals surface area contributed by atoms with Crippen LogP contribution in [-0.2, 0) is 64.9 Å². The van der Waals surface area contributed by atoms with E-state index in [1.165, 1.54) is 18.2 Å². The van der Waals surface area contributed by atoms with E-state index in [1.807, 2.05) is 83.2 Å². The molecular weight excluding hydrogens is 2270 g/mol. The number of allylic oxidation sites excluding steroid dienone is 16. The van der Waals surface area contributed by atoms with Crippen LogP contribution in [0.3, 0.4) is 0 Å². The lowest BCUT2D eigenvalue weighted by Crippen LogP contribution is -2.43. The van der Waals surface area contributed by atoms with Crippen LogP contribution in [0.4, 0.5) is 0 Å². The number of carbonyl (C=O) groups excluding carboxylic acids is 4. The van der Waals surface area contributed by atoms with Crippen molar-refractivity contribution in [3.8, 4) is 0 Å². The number of hydrogen-bond acceptors (Lipinski definition) is 15. The van der Waals surface area contributed by atoms with Crippen LogP contribution >= 0.6 is 122 Å². The minimum Gasteiger partial charge on any atom is -0.481 e. The van der Waals surface area contributed by atoms with Crippen molar-refractivity contribution in [2.45, 2.75) is 455 Å². The monoisotopic (exact) mass is 2490 g/mol. The summed E-state index contributed by atoms with van der Waals surface area (Å²) < 4.78 is 32.4. The zero-order chi connectivity index (χ0) is 108. The molecule has 0 aliphatic rings. The Labute approximate surface area is 968 Å². The molecule has 0 spiro atoms. The SMILES string of the molecule is C.C.C.C.C.C.C.C.C/C=C/C(CCC(Br)C(Br)CC/C=C/CC(C)(C)CC)C(CC(=O)NCCCC)C(=O)O.C/C=C/C(CCC(Br)C(Br)CC/C=C/CC(C)(C)CC)C(CC(=O)SCCC[Si](OC)(OC)OC)C(=O)O.C/C=C/C(CCC(Cl)C(Cl)CC/C=C/CC(C)(C)CC)C(CC(=O)NCCCC)C(=O)O.C/C=C/C(CCC(Cl)C(Cl)CC/C=C/CC(C)(C)CC)C(CC(=O)NCCC[Si](OC)(OC)OC)C(=O)O. The molecule has 148 heavy (non-hydrogen) atoms. The van der Waals surface area contributed by atoms with E-state index in [-0.39, 0.29) is 163 Å². The molecule has 0 aromatic heterocycles. The Morgan fingerprint density at radius 2 is 0.547 bits per heavy atom. The first-order valence-corrected chi connectivity index (χ1v) is 61.6. The quantitative estimate of drug-likeness (QED) is 0.0129. The third-order valence-corrected chi connectivity index (χ3v) is 41.2. The molecule has 0 saturated heterocycles. The lowest BCUT2D eigenvalue weighted by Gasteiger charge is -2.24. The van der Waals surface area contributed by atoms with Crippen molar-refractivity contribution in [3.05, 3.63) is 97.2 Å². The van der Waals surface area contributed by atoms with E-state index in [9.17, 15) is 58.8 Å². The van der Waals surface area contributed by atoms with E-state index in [2.05, 4.69) is 218 Å². The van der Waals surface area contributed by atoms with Gasteiger partial charge in [-0.25, -0.2) is 0 Å². The second-order valence-corrected chi connectivity index (χ2v) is 53.9. The molecule has 0 fully saturated rings. The Morgan fingerprint density at radius 3 is 0.784 bits per heavy atom. The third kappa shape index (κ3) is 84.7. The van der Waals surface area contributed by atoms with E-state index in [4.69, 9.17) is 73.0 Å². The fraction of sp³-hybridized carbons (Fsp3) is 0.793. The van der Waals surface area contributed by atoms with Crippen molar-refractivity contribution in [1.82, 2.24) is 16.0 Å². The van der Waals surface area contributed by atoms with Crippen molar-refractivity contribution in [2.75, 3.05) is 68.0 Å². The maximum Gasteiger partial charge on any atom is 0.500 e. The lowest BCUT2D eigenvalue weighted by atomic mass is 9.84. The fourth-order valence-electron chi connectivity index (χ4n) is 14.9. The Balaban J connectivity index is -0.000000164. The van der Waals surface area contributed by atoms with Crippen LogP contribution in [0.25, 0.3) is 0 Å². The Bertz CT molecular complexity index is 3300. The number of halogens is 8. The molecular formula is C116H223Br4Cl4N3O18SSi2. The molecule has 0 aliphatic heterocycles. The molecule has 0 saturated carbocycles. The molecule has 0 bridgehead atoms. The number of carbonyl (C=O) groups is 8. The number of aliphatic carboxylic acids is 4. The molecule has 3 amide bonds. The maximum atomic E-state index is 12.7. The van der Waals surface area contributed by atoms with Crippen LogP contribution in [0.15, 0.2) is 97.2 Å².